The quantitative estimate of drug-likeness (QED) is 0.727. The minimum atomic E-state index is -0.0102. The summed E-state index contributed by atoms with van der Waals surface area (Å²) in [5.74, 6) is -0.0102. The van der Waals surface area contributed by atoms with Crippen molar-refractivity contribution in [2.24, 2.45) is 0 Å². The van der Waals surface area contributed by atoms with Crippen LogP contribution in [-0.4, -0.2) is 10.1 Å². The van der Waals surface area contributed by atoms with Crippen molar-refractivity contribution in [1.82, 2.24) is 4.98 Å². The normalized spacial score (nSPS) is 10.2. The van der Waals surface area contributed by atoms with E-state index < -0.39 is 0 Å². The van der Waals surface area contributed by atoms with Crippen molar-refractivity contribution in [2.75, 3.05) is 0 Å². The molecule has 0 aliphatic heterocycles. The Balaban J connectivity index is 2.79. The average Bonchev–Trinajstić information content (AvgIpc) is 2.48. The van der Waals surface area contributed by atoms with Gasteiger partial charge in [-0.3, -0.25) is 0 Å². The van der Waals surface area contributed by atoms with Gasteiger partial charge in [0, 0.05) is 6.07 Å². The Hall–Kier alpha value is -1.31. The summed E-state index contributed by atoms with van der Waals surface area (Å²) in [5.41, 5.74) is 0.600. The van der Waals surface area contributed by atoms with E-state index >= 15 is 0 Å². The second-order valence-corrected chi connectivity index (χ2v) is 3.84. The third-order valence-electron chi connectivity index (χ3n) is 1.55. The zero-order valence-electron chi connectivity index (χ0n) is 6.28. The molecule has 3 nitrogen and oxygen atoms in total. The van der Waals surface area contributed by atoms with Gasteiger partial charge >= 0.3 is 0 Å². The van der Waals surface area contributed by atoms with Crippen LogP contribution in [0.4, 0.5) is 0 Å². The Morgan fingerprint density at radius 3 is 3.00 bits per heavy atom. The number of nitrogens with zero attached hydrogens (tertiary/aromatic N) is 2. The topological polar surface area (TPSA) is 56.9 Å². The summed E-state index contributed by atoms with van der Waals surface area (Å²) in [6.07, 6.45) is 0. The summed E-state index contributed by atoms with van der Waals surface area (Å²) in [7, 11) is 0. The molecule has 0 aliphatic carbocycles. The maximum atomic E-state index is 9.25. The van der Waals surface area contributed by atoms with E-state index in [-0.39, 0.29) is 10.8 Å². The highest BCUT2D eigenvalue weighted by atomic mass is 35.5. The molecule has 0 aliphatic rings. The number of rotatable bonds is 0. The second kappa shape index (κ2) is 2.87. The minimum Gasteiger partial charge on any atom is -0.506 e. The van der Waals surface area contributed by atoms with Crippen LogP contribution in [0.25, 0.3) is 10.2 Å². The van der Waals surface area contributed by atoms with Crippen molar-refractivity contribution in [3.8, 4) is 11.8 Å². The average molecular weight is 211 g/mol. The Labute approximate surface area is 82.8 Å². The maximum Gasteiger partial charge on any atom is 0.195 e. The van der Waals surface area contributed by atoms with Crippen molar-refractivity contribution in [3.63, 3.8) is 0 Å². The monoisotopic (exact) mass is 210 g/mol. The van der Waals surface area contributed by atoms with Crippen LogP contribution in [0.5, 0.6) is 5.75 Å². The van der Waals surface area contributed by atoms with Gasteiger partial charge in [-0.25, -0.2) is 4.98 Å². The molecular weight excluding hydrogens is 208 g/mol. The first-order valence-electron chi connectivity index (χ1n) is 3.40. The Kier molecular flexibility index (Phi) is 1.83. The fourth-order valence-electron chi connectivity index (χ4n) is 0.986. The SMILES string of the molecule is N#Cc1nc2cc(O)c(Cl)cc2s1. The molecule has 5 heteroatoms. The fourth-order valence-corrected chi connectivity index (χ4v) is 2.00. The van der Waals surface area contributed by atoms with Crippen LogP contribution >= 0.6 is 22.9 Å². The summed E-state index contributed by atoms with van der Waals surface area (Å²) < 4.78 is 0.805. The summed E-state index contributed by atoms with van der Waals surface area (Å²) >= 11 is 6.94. The molecule has 1 N–H and O–H groups in total. The number of benzene rings is 1. The smallest absolute Gasteiger partial charge is 0.195 e. The largest absolute Gasteiger partial charge is 0.506 e. The third kappa shape index (κ3) is 1.32. The summed E-state index contributed by atoms with van der Waals surface area (Å²) in [6.45, 7) is 0. The number of fused-ring (bicyclic) bond motifs is 1. The number of phenols is 1. The molecule has 0 atom stereocenters. The number of aromatic nitrogens is 1. The van der Waals surface area contributed by atoms with Crippen molar-refractivity contribution >= 4 is 33.2 Å². The molecule has 64 valence electrons. The van der Waals surface area contributed by atoms with Crippen LogP contribution in [0.3, 0.4) is 0 Å². The van der Waals surface area contributed by atoms with Crippen LogP contribution in [-0.2, 0) is 0 Å². The van der Waals surface area contributed by atoms with Gasteiger partial charge in [-0.15, -0.1) is 11.3 Å². The molecule has 0 fully saturated rings. The molecule has 1 aromatic carbocycles. The van der Waals surface area contributed by atoms with Crippen molar-refractivity contribution in [1.29, 1.82) is 5.26 Å². The van der Waals surface area contributed by atoms with Gasteiger partial charge in [0.15, 0.2) is 5.01 Å². The van der Waals surface area contributed by atoms with E-state index in [2.05, 4.69) is 4.98 Å². The number of phenolic OH excluding ortho intramolecular Hbond substituents is 1. The van der Waals surface area contributed by atoms with E-state index in [1.54, 1.807) is 6.07 Å². The van der Waals surface area contributed by atoms with E-state index in [1.807, 2.05) is 6.07 Å². The van der Waals surface area contributed by atoms with E-state index in [4.69, 9.17) is 16.9 Å². The molecule has 1 aromatic heterocycles. The third-order valence-corrected chi connectivity index (χ3v) is 2.78. The minimum absolute atomic E-state index is 0.0102. The van der Waals surface area contributed by atoms with Gasteiger partial charge in [-0.2, -0.15) is 5.26 Å². The zero-order valence-corrected chi connectivity index (χ0v) is 7.85. The standard InChI is InChI=1S/C8H3ClN2OS/c9-4-1-7-5(2-6(4)12)11-8(3-10)13-7/h1-2,12H. The van der Waals surface area contributed by atoms with Gasteiger partial charge < -0.3 is 5.11 Å². The number of nitriles is 1. The highest BCUT2D eigenvalue weighted by Gasteiger charge is 2.06. The van der Waals surface area contributed by atoms with Crippen molar-refractivity contribution in [3.05, 3.63) is 22.2 Å². The first-order chi connectivity index (χ1) is 6.20. The number of hydrogen-bond acceptors (Lipinski definition) is 4. The molecule has 13 heavy (non-hydrogen) atoms. The first kappa shape index (κ1) is 8.30. The molecular formula is C8H3ClN2OS. The number of hydrogen-bond donors (Lipinski definition) is 1. The highest BCUT2D eigenvalue weighted by Crippen LogP contribution is 2.31. The van der Waals surface area contributed by atoms with Gasteiger partial charge in [0.2, 0.25) is 0 Å². The summed E-state index contributed by atoms with van der Waals surface area (Å²) in [6, 6.07) is 4.99. The second-order valence-electron chi connectivity index (χ2n) is 2.40. The lowest BCUT2D eigenvalue weighted by atomic mass is 10.3. The van der Waals surface area contributed by atoms with Crippen LogP contribution in [0.15, 0.2) is 12.1 Å². The summed E-state index contributed by atoms with van der Waals surface area (Å²) in [5, 5.41) is 18.5. The van der Waals surface area contributed by atoms with Crippen LogP contribution < -0.4 is 0 Å². The Morgan fingerprint density at radius 1 is 1.54 bits per heavy atom. The van der Waals surface area contributed by atoms with E-state index in [9.17, 15) is 5.11 Å². The number of halogens is 1. The summed E-state index contributed by atoms with van der Waals surface area (Å²) in [4.78, 5) is 3.97. The molecule has 0 saturated carbocycles. The van der Waals surface area contributed by atoms with Crippen molar-refractivity contribution < 1.29 is 5.11 Å². The molecule has 0 radical (unpaired) electrons. The van der Waals surface area contributed by atoms with E-state index in [0.717, 1.165) is 4.70 Å². The van der Waals surface area contributed by atoms with Crippen LogP contribution in [0.2, 0.25) is 5.02 Å². The number of thiazole rings is 1. The van der Waals surface area contributed by atoms with Gasteiger partial charge in [0.25, 0.3) is 0 Å². The van der Waals surface area contributed by atoms with E-state index in [1.165, 1.54) is 17.4 Å². The molecule has 0 unspecified atom stereocenters. The molecule has 0 amide bonds. The predicted octanol–water partition coefficient (Wildman–Crippen LogP) is 2.53. The molecule has 2 rings (SSSR count). The van der Waals surface area contributed by atoms with Gasteiger partial charge in [-0.1, -0.05) is 11.6 Å². The molecule has 0 bridgehead atoms. The first-order valence-corrected chi connectivity index (χ1v) is 4.59. The van der Waals surface area contributed by atoms with Crippen LogP contribution in [0, 0.1) is 11.3 Å². The lowest BCUT2D eigenvalue weighted by molar-refractivity contribution is 0.476. The van der Waals surface area contributed by atoms with Gasteiger partial charge in [0.1, 0.15) is 11.8 Å². The van der Waals surface area contributed by atoms with Crippen LogP contribution in [0.1, 0.15) is 5.01 Å². The molecule has 2 aromatic rings. The highest BCUT2D eigenvalue weighted by molar-refractivity contribution is 7.19. The fraction of sp³-hybridized carbons (Fsp3) is 0. The van der Waals surface area contributed by atoms with Gasteiger partial charge in [0.05, 0.1) is 15.2 Å². The molecule has 1 heterocycles. The Morgan fingerprint density at radius 2 is 2.31 bits per heavy atom. The van der Waals surface area contributed by atoms with Gasteiger partial charge in [-0.05, 0) is 6.07 Å². The lowest BCUT2D eigenvalue weighted by Gasteiger charge is -1.93. The number of aromatic hydroxyl groups is 1. The maximum absolute atomic E-state index is 9.25. The lowest BCUT2D eigenvalue weighted by Crippen LogP contribution is -1.71. The Bertz CT molecular complexity index is 476. The molecule has 0 spiro atoms. The zero-order chi connectivity index (χ0) is 9.42. The van der Waals surface area contributed by atoms with E-state index in [0.29, 0.717) is 10.5 Å². The van der Waals surface area contributed by atoms with Crippen molar-refractivity contribution in [2.45, 2.75) is 0 Å². The molecule has 0 saturated heterocycles. The predicted molar refractivity (Wildman–Crippen MR) is 51.0 cm³/mol.